The van der Waals surface area contributed by atoms with Crippen LogP contribution in [-0.2, 0) is 28.5 Å². The smallest absolute Gasteiger partial charge is 0.343 e. The van der Waals surface area contributed by atoms with Gasteiger partial charge in [-0.1, -0.05) is 13.2 Å². The lowest BCUT2D eigenvalue weighted by atomic mass is 10.1. The predicted octanol–water partition coefficient (Wildman–Crippen LogP) is 4.68. The van der Waals surface area contributed by atoms with Gasteiger partial charge < -0.3 is 37.9 Å². The summed E-state index contributed by atoms with van der Waals surface area (Å²) in [6.45, 7) is 10.2. The van der Waals surface area contributed by atoms with Crippen molar-refractivity contribution in [1.82, 2.24) is 0 Å². The van der Waals surface area contributed by atoms with Crippen molar-refractivity contribution in [2.24, 2.45) is 0 Å². The van der Waals surface area contributed by atoms with Crippen LogP contribution in [0.1, 0.15) is 26.3 Å². The van der Waals surface area contributed by atoms with Crippen molar-refractivity contribution in [2.45, 2.75) is 6.92 Å². The molecule has 47 heavy (non-hydrogen) atoms. The molecule has 3 aromatic carbocycles. The van der Waals surface area contributed by atoms with Crippen LogP contribution in [-0.4, -0.2) is 76.7 Å². The molecular weight excluding hydrogens is 612 g/mol. The van der Waals surface area contributed by atoms with Crippen LogP contribution in [0.3, 0.4) is 0 Å². The van der Waals surface area contributed by atoms with Gasteiger partial charge in [-0.15, -0.1) is 0 Å². The molecule has 0 aromatic heterocycles. The molecule has 0 fully saturated rings. The van der Waals surface area contributed by atoms with Crippen LogP contribution in [0.15, 0.2) is 92.0 Å². The fraction of sp³-hybridized carbons (Fsp3) is 0.257. The quantitative estimate of drug-likeness (QED) is 0.0727. The zero-order valence-electron chi connectivity index (χ0n) is 26.0. The van der Waals surface area contributed by atoms with Crippen LogP contribution in [0.4, 0.5) is 0 Å². The Bertz CT molecular complexity index is 1500. The van der Waals surface area contributed by atoms with Gasteiger partial charge in [-0.3, -0.25) is 0 Å². The molecule has 0 radical (unpaired) electrons. The first-order valence-corrected chi connectivity index (χ1v) is 14.5. The highest BCUT2D eigenvalue weighted by Crippen LogP contribution is 2.23. The zero-order chi connectivity index (χ0) is 33.9. The fourth-order valence-electron chi connectivity index (χ4n) is 3.67. The summed E-state index contributed by atoms with van der Waals surface area (Å²) in [5, 5.41) is 0. The molecular formula is C35H36O12. The molecule has 0 amide bonds. The average Bonchev–Trinajstić information content (AvgIpc) is 3.08. The number of aryl methyl sites for hydroxylation is 1. The van der Waals surface area contributed by atoms with Crippen LogP contribution in [0.5, 0.6) is 23.0 Å². The lowest BCUT2D eigenvalue weighted by Crippen LogP contribution is -2.13. The van der Waals surface area contributed by atoms with E-state index in [0.29, 0.717) is 40.7 Å². The summed E-state index contributed by atoms with van der Waals surface area (Å²) in [5.74, 6) is -0.453. The summed E-state index contributed by atoms with van der Waals surface area (Å²) in [6.07, 6.45) is 2.16. The third-order valence-electron chi connectivity index (χ3n) is 6.01. The highest BCUT2D eigenvalue weighted by molar-refractivity contribution is 5.93. The highest BCUT2D eigenvalue weighted by Gasteiger charge is 2.15. The van der Waals surface area contributed by atoms with E-state index in [1.165, 1.54) is 12.1 Å². The Balaban J connectivity index is 1.38. The van der Waals surface area contributed by atoms with Gasteiger partial charge in [0.15, 0.2) is 0 Å². The van der Waals surface area contributed by atoms with Gasteiger partial charge in [0, 0.05) is 12.2 Å². The predicted molar refractivity (Wildman–Crippen MR) is 169 cm³/mol. The van der Waals surface area contributed by atoms with E-state index in [2.05, 4.69) is 13.2 Å². The summed E-state index contributed by atoms with van der Waals surface area (Å²) >= 11 is 0. The standard InChI is InChI=1S/C35H36O12/c1-4-32(36)44-22-18-40-16-20-42-28-9-6-26(7-10-28)34(38)47-31-15-8-27(24-25(31)3)35(39)46-30-13-11-29(12-14-30)43-21-17-41-19-23-45-33(37)5-2/h4-15,24H,1-2,16-23H2,3H3. The molecule has 0 aliphatic carbocycles. The number of benzene rings is 3. The van der Waals surface area contributed by atoms with Gasteiger partial charge in [-0.2, -0.15) is 0 Å². The number of hydrogen-bond acceptors (Lipinski definition) is 12. The topological polar surface area (TPSA) is 142 Å². The minimum atomic E-state index is -0.581. The Morgan fingerprint density at radius 1 is 0.553 bits per heavy atom. The third-order valence-corrected chi connectivity index (χ3v) is 6.01. The second kappa shape index (κ2) is 19.8. The molecule has 0 spiro atoms. The average molecular weight is 649 g/mol. The fourth-order valence-corrected chi connectivity index (χ4v) is 3.67. The van der Waals surface area contributed by atoms with Crippen LogP contribution in [0.25, 0.3) is 0 Å². The van der Waals surface area contributed by atoms with E-state index in [1.807, 2.05) is 0 Å². The minimum absolute atomic E-state index is 0.124. The Morgan fingerprint density at radius 3 is 1.51 bits per heavy atom. The Kier molecular flexibility index (Phi) is 15.2. The van der Waals surface area contributed by atoms with E-state index in [-0.39, 0.29) is 51.8 Å². The molecule has 0 aliphatic rings. The first kappa shape index (κ1) is 36.0. The summed E-state index contributed by atoms with van der Waals surface area (Å²) in [7, 11) is 0. The van der Waals surface area contributed by atoms with E-state index in [4.69, 9.17) is 37.9 Å². The molecule has 0 aliphatic heterocycles. The lowest BCUT2D eigenvalue weighted by molar-refractivity contribution is -0.140. The molecule has 0 atom stereocenters. The first-order valence-electron chi connectivity index (χ1n) is 14.5. The van der Waals surface area contributed by atoms with Gasteiger partial charge in [0.2, 0.25) is 0 Å². The number of carbonyl (C=O) groups is 4. The Hall–Kier alpha value is -5.46. The maximum absolute atomic E-state index is 12.7. The van der Waals surface area contributed by atoms with Crippen LogP contribution < -0.4 is 18.9 Å². The third kappa shape index (κ3) is 13.2. The van der Waals surface area contributed by atoms with Gasteiger partial charge in [-0.25, -0.2) is 19.2 Å². The molecule has 0 bridgehead atoms. The van der Waals surface area contributed by atoms with Crippen molar-refractivity contribution < 1.29 is 57.1 Å². The molecule has 0 saturated carbocycles. The molecule has 3 rings (SSSR count). The van der Waals surface area contributed by atoms with Gasteiger partial charge in [0.1, 0.15) is 49.4 Å². The zero-order valence-corrected chi connectivity index (χ0v) is 26.0. The molecule has 0 saturated heterocycles. The highest BCUT2D eigenvalue weighted by atomic mass is 16.6. The minimum Gasteiger partial charge on any atom is -0.491 e. The van der Waals surface area contributed by atoms with E-state index >= 15 is 0 Å². The van der Waals surface area contributed by atoms with E-state index < -0.39 is 23.9 Å². The molecule has 3 aromatic rings. The van der Waals surface area contributed by atoms with Gasteiger partial charge in [0.05, 0.1) is 37.6 Å². The van der Waals surface area contributed by atoms with Gasteiger partial charge in [0.25, 0.3) is 0 Å². The van der Waals surface area contributed by atoms with Gasteiger partial charge >= 0.3 is 23.9 Å². The monoisotopic (exact) mass is 648 g/mol. The maximum Gasteiger partial charge on any atom is 0.343 e. The second-order valence-electron chi connectivity index (χ2n) is 9.42. The lowest BCUT2D eigenvalue weighted by Gasteiger charge is -2.11. The van der Waals surface area contributed by atoms with Crippen molar-refractivity contribution in [1.29, 1.82) is 0 Å². The Morgan fingerprint density at radius 2 is 1.00 bits per heavy atom. The van der Waals surface area contributed by atoms with E-state index in [1.54, 1.807) is 61.5 Å². The van der Waals surface area contributed by atoms with Crippen LogP contribution in [0, 0.1) is 6.92 Å². The number of rotatable bonds is 20. The molecule has 12 nitrogen and oxygen atoms in total. The second-order valence-corrected chi connectivity index (χ2v) is 9.42. The summed E-state index contributed by atoms with van der Waals surface area (Å²) in [5.41, 5.74) is 1.16. The molecule has 12 heteroatoms. The number of hydrogen-bond donors (Lipinski definition) is 0. The summed E-state index contributed by atoms with van der Waals surface area (Å²) in [6, 6.07) is 17.5. The van der Waals surface area contributed by atoms with Crippen LogP contribution in [0.2, 0.25) is 0 Å². The first-order chi connectivity index (χ1) is 22.8. The normalized spacial score (nSPS) is 10.3. The van der Waals surface area contributed by atoms with Crippen molar-refractivity contribution in [3.05, 3.63) is 109 Å². The largest absolute Gasteiger partial charge is 0.491 e. The molecule has 0 N–H and O–H groups in total. The van der Waals surface area contributed by atoms with Crippen LogP contribution >= 0.6 is 0 Å². The Labute approximate surface area is 272 Å². The molecule has 0 heterocycles. The van der Waals surface area contributed by atoms with Gasteiger partial charge in [-0.05, 0) is 79.2 Å². The summed E-state index contributed by atoms with van der Waals surface area (Å²) < 4.78 is 42.4. The molecule has 248 valence electrons. The molecule has 0 unspecified atom stereocenters. The number of esters is 4. The van der Waals surface area contributed by atoms with Crippen molar-refractivity contribution in [3.63, 3.8) is 0 Å². The summed E-state index contributed by atoms with van der Waals surface area (Å²) in [4.78, 5) is 47.3. The van der Waals surface area contributed by atoms with E-state index in [9.17, 15) is 19.2 Å². The van der Waals surface area contributed by atoms with E-state index in [0.717, 1.165) is 12.2 Å². The SMILES string of the molecule is C=CC(=O)OCCOCCOc1ccc(OC(=O)c2ccc(OC(=O)c3ccc(OCCOCCOC(=O)C=C)cc3)c(C)c2)cc1. The number of carbonyl (C=O) groups excluding carboxylic acids is 4. The maximum atomic E-state index is 12.7. The number of ether oxygens (including phenoxy) is 8. The van der Waals surface area contributed by atoms with Crippen molar-refractivity contribution >= 4 is 23.9 Å². The van der Waals surface area contributed by atoms with Crippen molar-refractivity contribution in [3.8, 4) is 23.0 Å². The van der Waals surface area contributed by atoms with Crippen molar-refractivity contribution in [2.75, 3.05) is 52.9 Å².